The topological polar surface area (TPSA) is 140 Å². The van der Waals surface area contributed by atoms with Gasteiger partial charge in [0.25, 0.3) is 0 Å². The molecule has 12 heteroatoms. The zero-order chi connectivity index (χ0) is 41.3. The van der Waals surface area contributed by atoms with Crippen LogP contribution in [0, 0.1) is 11.8 Å². The fraction of sp³-hybridized carbons (Fsp3) is 0.426. The highest BCUT2D eigenvalue weighted by Gasteiger charge is 2.46. The van der Waals surface area contributed by atoms with Crippen LogP contribution in [-0.2, 0) is 19.7 Å². The van der Waals surface area contributed by atoms with Crippen molar-refractivity contribution in [3.8, 4) is 22.5 Å². The van der Waals surface area contributed by atoms with E-state index in [1.807, 2.05) is 36.0 Å². The van der Waals surface area contributed by atoms with Crippen LogP contribution in [0.25, 0.3) is 22.5 Å². The van der Waals surface area contributed by atoms with Crippen molar-refractivity contribution in [3.05, 3.63) is 114 Å². The van der Waals surface area contributed by atoms with E-state index in [9.17, 15) is 14.4 Å². The molecule has 0 bridgehead atoms. The first kappa shape index (κ1) is 39.9. The number of carbonyl (C=O) groups is 3. The number of H-pyrrole nitrogens is 2. The van der Waals surface area contributed by atoms with Crippen molar-refractivity contribution >= 4 is 23.6 Å². The number of ether oxygens (including phenoxy) is 1. The maximum atomic E-state index is 13.8. The van der Waals surface area contributed by atoms with Crippen LogP contribution in [0.4, 0.5) is 10.5 Å². The van der Waals surface area contributed by atoms with E-state index in [0.29, 0.717) is 18.9 Å². The third-order valence-corrected chi connectivity index (χ3v) is 12.4. The molecule has 3 aromatic carbocycles. The minimum atomic E-state index is -0.694. The summed E-state index contributed by atoms with van der Waals surface area (Å²) in [5, 5.41) is 2.74. The molecule has 0 aliphatic carbocycles. The molecule has 12 nitrogen and oxygen atoms in total. The number of para-hydroxylation sites is 1. The number of nitrogens with zero attached hydrogens (tertiary/aromatic N) is 5. The zero-order valence-corrected chi connectivity index (χ0v) is 34.8. The Labute approximate surface area is 346 Å². The minimum Gasteiger partial charge on any atom is -0.453 e. The quantitative estimate of drug-likeness (QED) is 0.116. The third kappa shape index (κ3) is 7.97. The maximum Gasteiger partial charge on any atom is 0.407 e. The number of carbonyl (C=O) groups excluding carboxylic acids is 3. The van der Waals surface area contributed by atoms with Crippen LogP contribution in [0.15, 0.2) is 91.3 Å². The van der Waals surface area contributed by atoms with E-state index in [1.54, 1.807) is 0 Å². The number of likely N-dealkylation sites (tertiary alicyclic amines) is 2. The molecule has 59 heavy (non-hydrogen) atoms. The lowest BCUT2D eigenvalue weighted by molar-refractivity contribution is -0.135. The number of nitrogens with one attached hydrogen (secondary N) is 3. The van der Waals surface area contributed by atoms with Gasteiger partial charge >= 0.3 is 6.09 Å². The lowest BCUT2D eigenvalue weighted by Crippen LogP contribution is -2.60. The van der Waals surface area contributed by atoms with Gasteiger partial charge in [-0.3, -0.25) is 9.59 Å². The second kappa shape index (κ2) is 16.8. The van der Waals surface area contributed by atoms with Gasteiger partial charge in [0, 0.05) is 38.3 Å². The molecule has 3 N–H and O–H groups in total. The summed E-state index contributed by atoms with van der Waals surface area (Å²) in [7, 11) is 1.30. The van der Waals surface area contributed by atoms with Crippen molar-refractivity contribution < 1.29 is 19.1 Å². The number of hydrogen-bond acceptors (Lipinski definition) is 7. The van der Waals surface area contributed by atoms with Crippen LogP contribution < -0.4 is 10.2 Å². The molecule has 8 rings (SSSR count). The predicted octanol–water partition coefficient (Wildman–Crippen LogP) is 8.03. The monoisotopic (exact) mass is 796 g/mol. The van der Waals surface area contributed by atoms with Crippen molar-refractivity contribution in [2.75, 3.05) is 38.2 Å². The zero-order valence-electron chi connectivity index (χ0n) is 34.8. The molecular formula is C47H56N8O4. The molecule has 3 aliphatic rings. The summed E-state index contributed by atoms with van der Waals surface area (Å²) in [4.78, 5) is 62.1. The van der Waals surface area contributed by atoms with E-state index in [1.165, 1.54) is 23.9 Å². The SMILES string of the molecule is COC(=O)N[C@H](C(=O)N1CCC[C@H]1c1ncc(-c2cccc(C3(c4cccc(-c5cnc([C@@H]6CCCN6C(=O)CC(C)C)[nH]5)c4)CN(c4ccccc4)C3)c2)[nH]1)C(C)C. The van der Waals surface area contributed by atoms with E-state index in [-0.39, 0.29) is 35.2 Å². The number of aromatic nitrogens is 4. The number of amides is 3. The molecule has 0 saturated carbocycles. The molecule has 0 spiro atoms. The molecule has 3 atom stereocenters. The van der Waals surface area contributed by atoms with Crippen molar-refractivity contribution in [2.24, 2.45) is 11.8 Å². The summed E-state index contributed by atoms with van der Waals surface area (Å²) < 4.78 is 4.82. The van der Waals surface area contributed by atoms with Gasteiger partial charge in [-0.1, -0.05) is 82.3 Å². The highest BCUT2D eigenvalue weighted by atomic mass is 16.5. The number of anilines is 1. The lowest BCUT2D eigenvalue weighted by Gasteiger charge is -2.52. The van der Waals surface area contributed by atoms with Crippen LogP contribution in [0.5, 0.6) is 0 Å². The highest BCUT2D eigenvalue weighted by Crippen LogP contribution is 2.45. The molecule has 0 radical (unpaired) electrons. The summed E-state index contributed by atoms with van der Waals surface area (Å²) in [5.74, 6) is 1.86. The van der Waals surface area contributed by atoms with Gasteiger partial charge in [-0.2, -0.15) is 0 Å². The predicted molar refractivity (Wildman–Crippen MR) is 228 cm³/mol. The second-order valence-corrected chi connectivity index (χ2v) is 17.2. The Balaban J connectivity index is 1.08. The first-order valence-electron chi connectivity index (χ1n) is 21.1. The Bertz CT molecular complexity index is 2280. The third-order valence-electron chi connectivity index (χ3n) is 12.4. The van der Waals surface area contributed by atoms with E-state index < -0.39 is 12.1 Å². The lowest BCUT2D eigenvalue weighted by atomic mass is 9.67. The van der Waals surface area contributed by atoms with Crippen molar-refractivity contribution in [2.45, 2.75) is 83.3 Å². The molecule has 2 aromatic heterocycles. The van der Waals surface area contributed by atoms with Gasteiger partial charge in [-0.05, 0) is 84.0 Å². The number of hydrogen-bond donors (Lipinski definition) is 3. The number of benzene rings is 3. The minimum absolute atomic E-state index is 0.0286. The number of rotatable bonds is 12. The maximum absolute atomic E-state index is 13.8. The van der Waals surface area contributed by atoms with E-state index >= 15 is 0 Å². The molecule has 0 unspecified atom stereocenters. The summed E-state index contributed by atoms with van der Waals surface area (Å²) in [6.07, 6.45) is 7.23. The normalized spacial score (nSPS) is 19.3. The molecule has 5 heterocycles. The van der Waals surface area contributed by atoms with E-state index in [2.05, 4.69) is 113 Å². The summed E-state index contributed by atoms with van der Waals surface area (Å²) >= 11 is 0. The van der Waals surface area contributed by atoms with Crippen molar-refractivity contribution in [1.82, 2.24) is 35.1 Å². The van der Waals surface area contributed by atoms with Crippen molar-refractivity contribution in [1.29, 1.82) is 0 Å². The van der Waals surface area contributed by atoms with E-state index in [4.69, 9.17) is 14.7 Å². The number of imidazole rings is 2. The van der Waals surface area contributed by atoms with Gasteiger partial charge in [0.05, 0.1) is 48.4 Å². The standard InChI is InChI=1S/C47H56N8O4/c1-30(2)23-41(56)54-21-11-19-39(54)43-48-26-37(50-43)32-13-9-15-34(24-32)47(28-53(29-47)36-17-7-6-8-18-36)35-16-10-14-33(25-35)38-27-49-44(51-38)40-20-12-22-55(40)45(57)42(31(3)4)52-46(58)59-5/h6-10,13-18,24-27,30-31,39-40,42H,11-12,19-23,28-29H2,1-5H3,(H,48,50)(H,49,51)(H,52,58)/t39-,40-,42-/m0/s1. The van der Waals surface area contributed by atoms with Crippen LogP contribution in [0.2, 0.25) is 0 Å². The Morgan fingerprint density at radius 1 is 0.780 bits per heavy atom. The summed E-state index contributed by atoms with van der Waals surface area (Å²) in [5.41, 5.74) is 7.22. The van der Waals surface area contributed by atoms with E-state index in [0.717, 1.165) is 79.5 Å². The van der Waals surface area contributed by atoms with Crippen LogP contribution >= 0.6 is 0 Å². The molecule has 5 aromatic rings. The first-order chi connectivity index (χ1) is 28.5. The molecular weight excluding hydrogens is 741 g/mol. The Morgan fingerprint density at radius 3 is 1.88 bits per heavy atom. The first-order valence-corrected chi connectivity index (χ1v) is 21.1. The number of alkyl carbamates (subject to hydrolysis) is 1. The van der Waals surface area contributed by atoms with Gasteiger partial charge in [0.2, 0.25) is 11.8 Å². The summed E-state index contributed by atoms with van der Waals surface area (Å²) in [6, 6.07) is 27.1. The van der Waals surface area contributed by atoms with Gasteiger partial charge in [0.15, 0.2) is 0 Å². The molecule has 3 fully saturated rings. The van der Waals surface area contributed by atoms with Crippen LogP contribution in [0.3, 0.4) is 0 Å². The van der Waals surface area contributed by atoms with Gasteiger partial charge in [-0.25, -0.2) is 14.8 Å². The van der Waals surface area contributed by atoms with Crippen molar-refractivity contribution in [3.63, 3.8) is 0 Å². The second-order valence-electron chi connectivity index (χ2n) is 17.2. The fourth-order valence-electron chi connectivity index (χ4n) is 9.24. The molecule has 3 aliphatic heterocycles. The molecule has 308 valence electrons. The molecule has 3 amide bonds. The average Bonchev–Trinajstić information content (AvgIpc) is 4.06. The Kier molecular flexibility index (Phi) is 11.3. The smallest absolute Gasteiger partial charge is 0.407 e. The summed E-state index contributed by atoms with van der Waals surface area (Å²) in [6.45, 7) is 11.0. The average molecular weight is 797 g/mol. The Hall–Kier alpha value is -5.91. The number of methoxy groups -OCH3 is 1. The largest absolute Gasteiger partial charge is 0.453 e. The fourth-order valence-corrected chi connectivity index (χ4v) is 9.24. The number of aromatic amines is 2. The van der Waals surface area contributed by atoms with Gasteiger partial charge < -0.3 is 34.7 Å². The van der Waals surface area contributed by atoms with Gasteiger partial charge in [-0.15, -0.1) is 0 Å². The molecule has 3 saturated heterocycles. The Morgan fingerprint density at radius 2 is 1.34 bits per heavy atom. The van der Waals surface area contributed by atoms with Crippen LogP contribution in [0.1, 0.15) is 94.7 Å². The highest BCUT2D eigenvalue weighted by molar-refractivity contribution is 5.86. The van der Waals surface area contributed by atoms with Crippen LogP contribution in [-0.4, -0.2) is 87.0 Å². The van der Waals surface area contributed by atoms with Gasteiger partial charge in [0.1, 0.15) is 17.7 Å².